The highest BCUT2D eigenvalue weighted by Crippen LogP contribution is 2.26. The molecule has 0 heterocycles. The molecule has 28 heavy (non-hydrogen) atoms. The number of carbonyl (C=O) groups is 2. The number of amides is 1. The number of alkyl carbamates (subject to hydrolysis) is 1. The highest BCUT2D eigenvalue weighted by Gasteiger charge is 2.24. The van der Waals surface area contributed by atoms with Gasteiger partial charge in [0.05, 0.1) is 5.02 Å². The zero-order valence-electron chi connectivity index (χ0n) is 15.7. The van der Waals surface area contributed by atoms with E-state index in [1.165, 1.54) is 18.2 Å². The van der Waals surface area contributed by atoms with Gasteiger partial charge in [-0.15, -0.1) is 0 Å². The second kappa shape index (κ2) is 8.93. The van der Waals surface area contributed by atoms with E-state index >= 15 is 0 Å². The minimum atomic E-state index is -1.17. The van der Waals surface area contributed by atoms with E-state index in [-0.39, 0.29) is 11.4 Å². The molecule has 8 heteroatoms. The Balaban J connectivity index is 2.01. The molecule has 2 rings (SSSR count). The highest BCUT2D eigenvalue weighted by molar-refractivity contribution is 6.30. The molecule has 0 saturated heterocycles. The normalized spacial score (nSPS) is 12.2. The van der Waals surface area contributed by atoms with Crippen LogP contribution in [0.3, 0.4) is 0 Å². The lowest BCUT2D eigenvalue weighted by Gasteiger charge is -2.22. The van der Waals surface area contributed by atoms with E-state index in [9.17, 15) is 19.1 Å². The van der Waals surface area contributed by atoms with Crippen molar-refractivity contribution in [1.29, 1.82) is 0 Å². The van der Waals surface area contributed by atoms with E-state index in [1.807, 2.05) is 0 Å². The number of rotatable bonds is 6. The molecule has 0 aliphatic heterocycles. The van der Waals surface area contributed by atoms with Crippen LogP contribution in [0.2, 0.25) is 5.02 Å². The number of ether oxygens (including phenoxy) is 2. The van der Waals surface area contributed by atoms with E-state index in [0.717, 1.165) is 0 Å². The van der Waals surface area contributed by atoms with Gasteiger partial charge in [-0.2, -0.15) is 0 Å². The molecule has 0 bridgehead atoms. The summed E-state index contributed by atoms with van der Waals surface area (Å²) in [6.07, 6.45) is -0.731. The molecule has 2 aromatic carbocycles. The summed E-state index contributed by atoms with van der Waals surface area (Å²) in [6, 6.07) is 9.48. The lowest BCUT2D eigenvalue weighted by atomic mass is 10.1. The minimum absolute atomic E-state index is 0.0494. The Hall–Kier alpha value is -2.80. The molecule has 2 N–H and O–H groups in total. The summed E-state index contributed by atoms with van der Waals surface area (Å²) in [6.45, 7) is 5.07. The van der Waals surface area contributed by atoms with Crippen molar-refractivity contribution in [3.8, 4) is 11.5 Å². The van der Waals surface area contributed by atoms with Crippen LogP contribution in [0.15, 0.2) is 42.5 Å². The molecule has 150 valence electrons. The molecule has 2 aromatic rings. The zero-order chi connectivity index (χ0) is 20.9. The Kier molecular flexibility index (Phi) is 6.85. The van der Waals surface area contributed by atoms with Crippen LogP contribution in [-0.4, -0.2) is 28.8 Å². The Bertz CT molecular complexity index is 849. The largest absolute Gasteiger partial charge is 0.480 e. The fourth-order valence-electron chi connectivity index (χ4n) is 2.26. The van der Waals surface area contributed by atoms with Crippen molar-refractivity contribution in [2.75, 3.05) is 0 Å². The smallest absolute Gasteiger partial charge is 0.408 e. The van der Waals surface area contributed by atoms with Crippen LogP contribution in [0.25, 0.3) is 0 Å². The minimum Gasteiger partial charge on any atom is -0.480 e. The molecule has 0 saturated carbocycles. The fraction of sp³-hybridized carbons (Fsp3) is 0.300. The number of benzene rings is 2. The van der Waals surface area contributed by atoms with E-state index in [0.29, 0.717) is 17.1 Å². The van der Waals surface area contributed by atoms with Crippen LogP contribution >= 0.6 is 11.6 Å². The van der Waals surface area contributed by atoms with Crippen molar-refractivity contribution in [2.24, 2.45) is 0 Å². The van der Waals surface area contributed by atoms with E-state index in [1.54, 1.807) is 45.0 Å². The first-order valence-corrected chi connectivity index (χ1v) is 8.85. The van der Waals surface area contributed by atoms with Crippen LogP contribution in [-0.2, 0) is 16.0 Å². The second-order valence-electron chi connectivity index (χ2n) is 7.06. The van der Waals surface area contributed by atoms with Gasteiger partial charge in [0.15, 0.2) is 0 Å². The van der Waals surface area contributed by atoms with Crippen LogP contribution in [0.5, 0.6) is 11.5 Å². The summed E-state index contributed by atoms with van der Waals surface area (Å²) in [4.78, 5) is 23.3. The first-order valence-electron chi connectivity index (χ1n) is 8.47. The monoisotopic (exact) mass is 409 g/mol. The van der Waals surface area contributed by atoms with Crippen molar-refractivity contribution in [3.05, 3.63) is 58.9 Å². The van der Waals surface area contributed by atoms with Gasteiger partial charge >= 0.3 is 12.1 Å². The maximum atomic E-state index is 13.2. The van der Waals surface area contributed by atoms with Crippen molar-refractivity contribution >= 4 is 23.7 Å². The first-order chi connectivity index (χ1) is 13.0. The third kappa shape index (κ3) is 6.74. The van der Waals surface area contributed by atoms with Gasteiger partial charge in [-0.05, 0) is 50.6 Å². The number of aliphatic carboxylic acids is 1. The zero-order valence-corrected chi connectivity index (χ0v) is 16.4. The molecular weight excluding hydrogens is 389 g/mol. The van der Waals surface area contributed by atoms with Crippen LogP contribution < -0.4 is 10.1 Å². The van der Waals surface area contributed by atoms with Crippen molar-refractivity contribution in [1.82, 2.24) is 5.32 Å². The molecule has 0 aliphatic rings. The lowest BCUT2D eigenvalue weighted by Crippen LogP contribution is -2.44. The summed E-state index contributed by atoms with van der Waals surface area (Å²) in [5, 5.41) is 11.6. The summed E-state index contributed by atoms with van der Waals surface area (Å²) < 4.78 is 23.9. The summed E-state index contributed by atoms with van der Waals surface area (Å²) in [5.41, 5.74) is -0.0528. The lowest BCUT2D eigenvalue weighted by molar-refractivity contribution is -0.139. The standard InChI is InChI=1S/C20H21ClFNO5/c1-20(2,3)28-19(26)23-17(18(24)25)10-12-4-6-13(7-5-12)27-14-8-9-16(22)15(21)11-14/h4-9,11,17H,10H2,1-3H3,(H,23,26)(H,24,25)/t17-/m1/s1. The molecule has 0 spiro atoms. The first kappa shape index (κ1) is 21.5. The predicted molar refractivity (Wildman–Crippen MR) is 102 cm³/mol. The fourth-order valence-corrected chi connectivity index (χ4v) is 2.43. The molecule has 0 radical (unpaired) electrons. The summed E-state index contributed by atoms with van der Waals surface area (Å²) in [7, 11) is 0. The summed E-state index contributed by atoms with van der Waals surface area (Å²) >= 11 is 5.72. The topological polar surface area (TPSA) is 84.9 Å². The number of halogens is 2. The quantitative estimate of drug-likeness (QED) is 0.716. The predicted octanol–water partition coefficient (Wildman–Crippen LogP) is 4.79. The SMILES string of the molecule is CC(C)(C)OC(=O)N[C@H](Cc1ccc(Oc2ccc(F)c(Cl)c2)cc1)C(=O)O. The van der Waals surface area contributed by atoms with E-state index in [4.69, 9.17) is 21.1 Å². The third-order valence-electron chi connectivity index (χ3n) is 3.48. The molecule has 1 amide bonds. The Morgan fingerprint density at radius 1 is 1.14 bits per heavy atom. The number of carboxylic acid groups (broad SMARTS) is 1. The molecule has 1 atom stereocenters. The Morgan fingerprint density at radius 3 is 2.29 bits per heavy atom. The second-order valence-corrected chi connectivity index (χ2v) is 7.47. The van der Waals surface area contributed by atoms with Gasteiger partial charge in [0.2, 0.25) is 0 Å². The molecule has 0 aliphatic carbocycles. The van der Waals surface area contributed by atoms with Gasteiger partial charge in [-0.1, -0.05) is 23.7 Å². The number of hydrogen-bond acceptors (Lipinski definition) is 4. The maximum Gasteiger partial charge on any atom is 0.408 e. The number of nitrogens with one attached hydrogen (secondary N) is 1. The van der Waals surface area contributed by atoms with E-state index < -0.39 is 29.5 Å². The van der Waals surface area contributed by atoms with Crippen molar-refractivity contribution in [2.45, 2.75) is 38.8 Å². The Labute approximate surface area is 167 Å². The van der Waals surface area contributed by atoms with Crippen LogP contribution in [0.1, 0.15) is 26.3 Å². The van der Waals surface area contributed by atoms with Crippen molar-refractivity contribution in [3.63, 3.8) is 0 Å². The van der Waals surface area contributed by atoms with Gasteiger partial charge in [-0.3, -0.25) is 0 Å². The average molecular weight is 410 g/mol. The number of carboxylic acids is 1. The number of carbonyl (C=O) groups excluding carboxylic acids is 1. The van der Waals surface area contributed by atoms with Gasteiger partial charge in [0.1, 0.15) is 29.0 Å². The van der Waals surface area contributed by atoms with Crippen molar-refractivity contribution < 1.29 is 28.6 Å². The highest BCUT2D eigenvalue weighted by atomic mass is 35.5. The Morgan fingerprint density at radius 2 is 1.75 bits per heavy atom. The number of hydrogen-bond donors (Lipinski definition) is 2. The van der Waals surface area contributed by atoms with Gasteiger partial charge in [0.25, 0.3) is 0 Å². The van der Waals surface area contributed by atoms with E-state index in [2.05, 4.69) is 5.32 Å². The molecule has 0 aromatic heterocycles. The molecule has 0 unspecified atom stereocenters. The maximum absolute atomic E-state index is 13.2. The molecule has 6 nitrogen and oxygen atoms in total. The van der Waals surface area contributed by atoms with Gasteiger partial charge in [0, 0.05) is 12.5 Å². The third-order valence-corrected chi connectivity index (χ3v) is 3.77. The van der Waals surface area contributed by atoms with Crippen LogP contribution in [0, 0.1) is 5.82 Å². The molecule has 0 fully saturated rings. The van der Waals surface area contributed by atoms with Gasteiger partial charge < -0.3 is 19.9 Å². The van der Waals surface area contributed by atoms with Crippen LogP contribution in [0.4, 0.5) is 9.18 Å². The average Bonchev–Trinajstić information content (AvgIpc) is 2.57. The van der Waals surface area contributed by atoms with Gasteiger partial charge in [-0.25, -0.2) is 14.0 Å². The molecular formula is C20H21ClFNO5. The summed E-state index contributed by atoms with van der Waals surface area (Å²) in [5.74, 6) is -0.874.